The topological polar surface area (TPSA) is 93.1 Å². The smallest absolute Gasteiger partial charge is 0.336 e. The van der Waals surface area contributed by atoms with E-state index in [2.05, 4.69) is 13.2 Å². The fourth-order valence-corrected chi connectivity index (χ4v) is 2.93. The molecule has 0 aromatic heterocycles. The molecule has 25 heavy (non-hydrogen) atoms. The van der Waals surface area contributed by atoms with Gasteiger partial charge in [0.05, 0.1) is 18.8 Å². The summed E-state index contributed by atoms with van der Waals surface area (Å²) in [6, 6.07) is 0. The van der Waals surface area contributed by atoms with E-state index in [1.807, 2.05) is 12.2 Å². The molecule has 6 heteroatoms. The Balaban J connectivity index is 2.12. The van der Waals surface area contributed by atoms with E-state index in [4.69, 9.17) is 14.6 Å². The van der Waals surface area contributed by atoms with Crippen molar-refractivity contribution in [3.63, 3.8) is 0 Å². The quantitative estimate of drug-likeness (QED) is 0.445. The maximum absolute atomic E-state index is 11.8. The molecule has 1 heterocycles. The molecule has 0 aromatic rings. The van der Waals surface area contributed by atoms with Crippen LogP contribution in [0.4, 0.5) is 0 Å². The van der Waals surface area contributed by atoms with Crippen LogP contribution in [0.2, 0.25) is 0 Å². The first-order chi connectivity index (χ1) is 12.0. The molecule has 2 rings (SSSR count). The third-order valence-corrected chi connectivity index (χ3v) is 4.51. The average molecular weight is 348 g/mol. The molecule has 0 saturated carbocycles. The Morgan fingerprint density at radius 2 is 2.08 bits per heavy atom. The number of rotatable bonds is 5. The zero-order valence-electron chi connectivity index (χ0n) is 14.2. The van der Waals surface area contributed by atoms with Gasteiger partial charge in [0.15, 0.2) is 0 Å². The number of aliphatic hydroxyl groups is 2. The highest BCUT2D eigenvalue weighted by molar-refractivity contribution is 5.91. The minimum atomic E-state index is -0.631. The van der Waals surface area contributed by atoms with Gasteiger partial charge in [-0.1, -0.05) is 25.3 Å². The van der Waals surface area contributed by atoms with Crippen LogP contribution in [0.3, 0.4) is 0 Å². The van der Waals surface area contributed by atoms with Gasteiger partial charge < -0.3 is 19.7 Å². The van der Waals surface area contributed by atoms with Gasteiger partial charge in [-0.15, -0.1) is 0 Å². The second kappa shape index (κ2) is 8.78. The van der Waals surface area contributed by atoms with E-state index in [-0.39, 0.29) is 30.8 Å². The molecule has 2 atom stereocenters. The number of aliphatic hydroxyl groups excluding tert-OH is 2. The van der Waals surface area contributed by atoms with E-state index in [1.165, 1.54) is 0 Å². The third-order valence-electron chi connectivity index (χ3n) is 4.51. The van der Waals surface area contributed by atoms with Crippen LogP contribution in [-0.2, 0) is 19.1 Å². The number of hydrogen-bond donors (Lipinski definition) is 2. The SMILES string of the molecule is C=C(CO)C(=O)OC/C1=C\C[C@@H]2C(=C)C(=O)O[C@H]2C/C(CO)=C\CC1. The maximum Gasteiger partial charge on any atom is 0.336 e. The van der Waals surface area contributed by atoms with Gasteiger partial charge in [-0.3, -0.25) is 0 Å². The number of ether oxygens (including phenoxy) is 2. The summed E-state index contributed by atoms with van der Waals surface area (Å²) in [6.07, 6.45) is 5.97. The standard InChI is InChI=1S/C19H24O6/c1-12(9-20)18(22)24-11-14-4-3-5-15(10-21)8-17-16(7-6-14)13(2)19(23)25-17/h5-6,16-17,20-21H,1-4,7-11H2/b14-6-,15-5+/t16-,17+/m1/s1. The number of fused-ring (bicyclic) bond motifs is 1. The van der Waals surface area contributed by atoms with Gasteiger partial charge in [0, 0.05) is 17.9 Å². The van der Waals surface area contributed by atoms with Crippen LogP contribution in [0, 0.1) is 5.92 Å². The van der Waals surface area contributed by atoms with Crippen LogP contribution in [0.5, 0.6) is 0 Å². The number of hydrogen-bond acceptors (Lipinski definition) is 6. The second-order valence-electron chi connectivity index (χ2n) is 6.27. The van der Waals surface area contributed by atoms with E-state index in [0.717, 1.165) is 11.1 Å². The van der Waals surface area contributed by atoms with Gasteiger partial charge in [-0.05, 0) is 30.4 Å². The van der Waals surface area contributed by atoms with Crippen LogP contribution >= 0.6 is 0 Å². The number of carbonyl (C=O) groups excluding carboxylic acids is 2. The van der Waals surface area contributed by atoms with Crippen molar-refractivity contribution in [3.05, 3.63) is 47.6 Å². The summed E-state index contributed by atoms with van der Waals surface area (Å²) in [6.45, 7) is 6.82. The second-order valence-corrected chi connectivity index (χ2v) is 6.27. The number of allylic oxidation sites excluding steroid dienone is 2. The summed E-state index contributed by atoms with van der Waals surface area (Å²) in [7, 11) is 0. The van der Waals surface area contributed by atoms with E-state index in [0.29, 0.717) is 31.3 Å². The summed E-state index contributed by atoms with van der Waals surface area (Å²) in [4.78, 5) is 23.4. The lowest BCUT2D eigenvalue weighted by Crippen LogP contribution is -2.19. The van der Waals surface area contributed by atoms with Crippen molar-refractivity contribution >= 4 is 11.9 Å². The molecule has 1 fully saturated rings. The van der Waals surface area contributed by atoms with Gasteiger partial charge >= 0.3 is 11.9 Å². The first-order valence-corrected chi connectivity index (χ1v) is 8.28. The van der Waals surface area contributed by atoms with Crippen molar-refractivity contribution in [3.8, 4) is 0 Å². The van der Waals surface area contributed by atoms with Crippen molar-refractivity contribution in [2.24, 2.45) is 5.92 Å². The van der Waals surface area contributed by atoms with Gasteiger partial charge in [-0.2, -0.15) is 0 Å². The highest BCUT2D eigenvalue weighted by Gasteiger charge is 2.38. The van der Waals surface area contributed by atoms with E-state index < -0.39 is 18.5 Å². The monoisotopic (exact) mass is 348 g/mol. The van der Waals surface area contributed by atoms with E-state index >= 15 is 0 Å². The maximum atomic E-state index is 11.8. The molecular weight excluding hydrogens is 324 g/mol. The van der Waals surface area contributed by atoms with Crippen molar-refractivity contribution < 1.29 is 29.3 Å². The lowest BCUT2D eigenvalue weighted by atomic mass is 9.87. The molecule has 2 aliphatic rings. The molecule has 0 radical (unpaired) electrons. The predicted molar refractivity (Wildman–Crippen MR) is 91.4 cm³/mol. The molecule has 0 amide bonds. The number of carbonyl (C=O) groups is 2. The Labute approximate surface area is 147 Å². The summed E-state index contributed by atoms with van der Waals surface area (Å²) in [5.74, 6) is -1.18. The first-order valence-electron chi connectivity index (χ1n) is 8.28. The largest absolute Gasteiger partial charge is 0.458 e. The fourth-order valence-electron chi connectivity index (χ4n) is 2.93. The first kappa shape index (κ1) is 19.1. The van der Waals surface area contributed by atoms with Crippen LogP contribution in [0.25, 0.3) is 0 Å². The Morgan fingerprint density at radius 1 is 1.32 bits per heavy atom. The molecule has 0 aromatic carbocycles. The zero-order chi connectivity index (χ0) is 18.4. The summed E-state index contributed by atoms with van der Waals surface area (Å²) in [5, 5.41) is 18.4. The molecule has 136 valence electrons. The lowest BCUT2D eigenvalue weighted by molar-refractivity contribution is -0.139. The van der Waals surface area contributed by atoms with Crippen LogP contribution in [0.1, 0.15) is 25.7 Å². The summed E-state index contributed by atoms with van der Waals surface area (Å²) < 4.78 is 10.5. The molecule has 2 N–H and O–H groups in total. The van der Waals surface area contributed by atoms with E-state index in [9.17, 15) is 14.7 Å². The summed E-state index contributed by atoms with van der Waals surface area (Å²) >= 11 is 0. The van der Waals surface area contributed by atoms with E-state index in [1.54, 1.807) is 0 Å². The molecule has 1 aliphatic heterocycles. The van der Waals surface area contributed by atoms with Crippen molar-refractivity contribution in [2.75, 3.05) is 19.8 Å². The minimum absolute atomic E-state index is 0.00570. The van der Waals surface area contributed by atoms with Crippen molar-refractivity contribution in [2.45, 2.75) is 31.8 Å². The Morgan fingerprint density at radius 3 is 2.76 bits per heavy atom. The molecule has 6 nitrogen and oxygen atoms in total. The highest BCUT2D eigenvalue weighted by Crippen LogP contribution is 2.34. The average Bonchev–Trinajstić information content (AvgIpc) is 2.88. The van der Waals surface area contributed by atoms with Gasteiger partial charge in [-0.25, -0.2) is 9.59 Å². The summed E-state index contributed by atoms with van der Waals surface area (Å²) in [5.41, 5.74) is 2.17. The van der Waals surface area contributed by atoms with Crippen molar-refractivity contribution in [1.82, 2.24) is 0 Å². The number of esters is 2. The molecule has 0 bridgehead atoms. The Kier molecular flexibility index (Phi) is 6.73. The third kappa shape index (κ3) is 4.90. The Hall–Kier alpha value is -2.18. The molecule has 0 unspecified atom stereocenters. The molecular formula is C19H24O6. The fraction of sp³-hybridized carbons (Fsp3) is 0.474. The predicted octanol–water partition coefficient (Wildman–Crippen LogP) is 1.59. The van der Waals surface area contributed by atoms with Gasteiger partial charge in [0.2, 0.25) is 0 Å². The normalized spacial score (nSPS) is 28.1. The van der Waals surface area contributed by atoms with Gasteiger partial charge in [0.25, 0.3) is 0 Å². The van der Waals surface area contributed by atoms with Crippen LogP contribution < -0.4 is 0 Å². The van der Waals surface area contributed by atoms with Crippen LogP contribution in [0.15, 0.2) is 47.6 Å². The zero-order valence-corrected chi connectivity index (χ0v) is 14.2. The van der Waals surface area contributed by atoms with Crippen LogP contribution in [-0.4, -0.2) is 48.1 Å². The minimum Gasteiger partial charge on any atom is -0.458 e. The van der Waals surface area contributed by atoms with Gasteiger partial charge in [0.1, 0.15) is 12.7 Å². The molecule has 0 spiro atoms. The highest BCUT2D eigenvalue weighted by atomic mass is 16.6. The molecule has 1 aliphatic carbocycles. The van der Waals surface area contributed by atoms with Crippen molar-refractivity contribution in [1.29, 1.82) is 0 Å². The Bertz CT molecular complexity index is 628. The lowest BCUT2D eigenvalue weighted by Gasteiger charge is -2.19. The molecule has 1 saturated heterocycles.